The lowest BCUT2D eigenvalue weighted by molar-refractivity contribution is -0.139. The fraction of sp³-hybridized carbons (Fsp3) is 0.667. The van der Waals surface area contributed by atoms with E-state index in [-0.39, 0.29) is 11.5 Å². The van der Waals surface area contributed by atoms with E-state index >= 15 is 0 Å². The van der Waals surface area contributed by atoms with E-state index in [4.69, 9.17) is 5.11 Å². The lowest BCUT2D eigenvalue weighted by Gasteiger charge is -2.12. The van der Waals surface area contributed by atoms with E-state index < -0.39 is 5.97 Å². The number of aromatic nitrogens is 3. The molecular weight excluding hydrogens is 196 g/mol. The zero-order chi connectivity index (χ0) is 10.5. The lowest BCUT2D eigenvalue weighted by atomic mass is 10.00. The Balaban J connectivity index is 1.71. The highest BCUT2D eigenvalue weighted by Crippen LogP contribution is 2.55. The summed E-state index contributed by atoms with van der Waals surface area (Å²) in [5.41, 5.74) is 0.108. The summed E-state index contributed by atoms with van der Waals surface area (Å²) >= 11 is 0. The second-order valence-electron chi connectivity index (χ2n) is 4.47. The largest absolute Gasteiger partial charge is 0.480 e. The average molecular weight is 208 g/mol. The Morgan fingerprint density at radius 2 is 2.53 bits per heavy atom. The summed E-state index contributed by atoms with van der Waals surface area (Å²) in [5, 5.41) is 16.1. The number of hydrogen-bond donors (Lipinski definition) is 2. The van der Waals surface area contributed by atoms with Crippen LogP contribution in [0, 0.1) is 5.41 Å². The zero-order valence-corrected chi connectivity index (χ0v) is 8.13. The lowest BCUT2D eigenvalue weighted by Crippen LogP contribution is -2.33. The van der Waals surface area contributed by atoms with Crippen molar-refractivity contribution in [3.05, 3.63) is 12.7 Å². The molecule has 2 N–H and O–H groups in total. The first-order valence-electron chi connectivity index (χ1n) is 5.01. The van der Waals surface area contributed by atoms with Crippen molar-refractivity contribution in [3.8, 4) is 0 Å². The van der Waals surface area contributed by atoms with E-state index in [9.17, 15) is 4.79 Å². The van der Waals surface area contributed by atoms with Gasteiger partial charge in [-0.05, 0) is 12.8 Å². The minimum Gasteiger partial charge on any atom is -0.480 e. The van der Waals surface area contributed by atoms with Gasteiger partial charge in [-0.2, -0.15) is 5.10 Å². The van der Waals surface area contributed by atoms with Gasteiger partial charge in [-0.15, -0.1) is 0 Å². The number of fused-ring (bicyclic) bond motifs is 1. The number of rotatable bonds is 3. The smallest absolute Gasteiger partial charge is 0.320 e. The summed E-state index contributed by atoms with van der Waals surface area (Å²) in [6, 6.07) is -0.0323. The van der Waals surface area contributed by atoms with Crippen molar-refractivity contribution in [2.24, 2.45) is 5.41 Å². The molecule has 0 amide bonds. The third-order valence-corrected chi connectivity index (χ3v) is 3.44. The monoisotopic (exact) mass is 208 g/mol. The molecule has 1 aromatic heterocycles. The second kappa shape index (κ2) is 2.79. The molecule has 1 saturated carbocycles. The van der Waals surface area contributed by atoms with Crippen LogP contribution in [0.15, 0.2) is 12.7 Å². The number of piperidine rings is 1. The quantitative estimate of drug-likeness (QED) is 0.699. The van der Waals surface area contributed by atoms with Crippen LogP contribution in [0.25, 0.3) is 0 Å². The molecule has 0 spiro atoms. The van der Waals surface area contributed by atoms with Gasteiger partial charge in [-0.3, -0.25) is 9.48 Å². The van der Waals surface area contributed by atoms with Gasteiger partial charge in [0.2, 0.25) is 0 Å². The predicted octanol–water partition coefficient (Wildman–Crippen LogP) is -0.517. The molecule has 3 atom stereocenters. The van der Waals surface area contributed by atoms with E-state index in [0.717, 1.165) is 13.0 Å². The number of aliphatic carboxylic acids is 1. The maximum absolute atomic E-state index is 10.8. The molecule has 6 heteroatoms. The Morgan fingerprint density at radius 3 is 3.13 bits per heavy atom. The average Bonchev–Trinajstić information content (AvgIpc) is 2.63. The molecule has 15 heavy (non-hydrogen) atoms. The number of nitrogens with zero attached hydrogens (tertiary/aromatic N) is 3. The molecule has 2 fully saturated rings. The van der Waals surface area contributed by atoms with Crippen LogP contribution in [0.4, 0.5) is 0 Å². The van der Waals surface area contributed by atoms with Gasteiger partial charge in [-0.1, -0.05) is 0 Å². The molecule has 0 unspecified atom stereocenters. The summed E-state index contributed by atoms with van der Waals surface area (Å²) in [6.07, 6.45) is 4.94. The van der Waals surface area contributed by atoms with Crippen molar-refractivity contribution in [1.29, 1.82) is 0 Å². The maximum atomic E-state index is 10.8. The number of carboxylic acid groups (broad SMARTS) is 1. The molecule has 0 bridgehead atoms. The van der Waals surface area contributed by atoms with Gasteiger partial charge < -0.3 is 10.4 Å². The molecule has 1 aliphatic carbocycles. The van der Waals surface area contributed by atoms with Crippen LogP contribution < -0.4 is 5.32 Å². The van der Waals surface area contributed by atoms with Crippen molar-refractivity contribution in [2.75, 3.05) is 0 Å². The van der Waals surface area contributed by atoms with Crippen LogP contribution >= 0.6 is 0 Å². The third kappa shape index (κ3) is 1.32. The molecule has 6 nitrogen and oxygen atoms in total. The molecule has 1 saturated heterocycles. The number of carboxylic acids is 1. The molecular formula is C9H12N4O2. The molecule has 2 heterocycles. The predicted molar refractivity (Wildman–Crippen MR) is 50.0 cm³/mol. The van der Waals surface area contributed by atoms with Crippen LogP contribution in [0.1, 0.15) is 12.8 Å². The SMILES string of the molecule is O=C(O)[C@@H]1C[C@]2(Cn3cncn3)C[C@@H]2N1. The molecule has 2 aliphatic rings. The minimum absolute atomic E-state index is 0.108. The second-order valence-corrected chi connectivity index (χ2v) is 4.47. The molecule has 1 aromatic rings. The van der Waals surface area contributed by atoms with Gasteiger partial charge in [0.05, 0.1) is 0 Å². The van der Waals surface area contributed by atoms with Gasteiger partial charge in [0.15, 0.2) is 0 Å². The standard InChI is InChI=1S/C9H12N4O2/c14-8(15)6-1-9(2-7(9)12-6)3-13-5-10-4-11-13/h4-7,12H,1-3H2,(H,14,15)/t6-,7-,9+/m0/s1. The highest BCUT2D eigenvalue weighted by molar-refractivity contribution is 5.74. The van der Waals surface area contributed by atoms with Gasteiger partial charge in [0.1, 0.15) is 18.7 Å². The van der Waals surface area contributed by atoms with E-state index in [1.54, 1.807) is 11.0 Å². The number of hydrogen-bond acceptors (Lipinski definition) is 4. The van der Waals surface area contributed by atoms with Crippen LogP contribution in [-0.4, -0.2) is 37.9 Å². The summed E-state index contributed by atoms with van der Waals surface area (Å²) in [4.78, 5) is 14.7. The van der Waals surface area contributed by atoms with Crippen molar-refractivity contribution < 1.29 is 9.90 Å². The Bertz CT molecular complexity index is 391. The van der Waals surface area contributed by atoms with Crippen molar-refractivity contribution in [3.63, 3.8) is 0 Å². The normalized spacial score (nSPS) is 37.6. The summed E-state index contributed by atoms with van der Waals surface area (Å²) in [7, 11) is 0. The first-order valence-corrected chi connectivity index (χ1v) is 5.01. The fourth-order valence-electron chi connectivity index (χ4n) is 2.55. The minimum atomic E-state index is -0.750. The fourth-order valence-corrected chi connectivity index (χ4v) is 2.55. The summed E-state index contributed by atoms with van der Waals surface area (Å²) in [6.45, 7) is 0.772. The number of nitrogens with one attached hydrogen (secondary N) is 1. The Kier molecular flexibility index (Phi) is 1.64. The first kappa shape index (κ1) is 8.84. The molecule has 0 radical (unpaired) electrons. The van der Waals surface area contributed by atoms with E-state index in [1.165, 1.54) is 6.33 Å². The van der Waals surface area contributed by atoms with Crippen LogP contribution in [0.3, 0.4) is 0 Å². The number of carbonyl (C=O) groups is 1. The Hall–Kier alpha value is -1.43. The van der Waals surface area contributed by atoms with Gasteiger partial charge >= 0.3 is 5.97 Å². The molecule has 80 valence electrons. The highest BCUT2D eigenvalue weighted by Gasteiger charge is 2.61. The van der Waals surface area contributed by atoms with Crippen molar-refractivity contribution in [1.82, 2.24) is 20.1 Å². The Labute approximate surface area is 86.3 Å². The summed E-state index contributed by atoms with van der Waals surface area (Å²) in [5.74, 6) is -0.750. The topological polar surface area (TPSA) is 80.0 Å². The van der Waals surface area contributed by atoms with E-state index in [0.29, 0.717) is 12.5 Å². The molecule has 0 aromatic carbocycles. The Morgan fingerprint density at radius 1 is 1.67 bits per heavy atom. The van der Waals surface area contributed by atoms with Crippen molar-refractivity contribution in [2.45, 2.75) is 31.5 Å². The molecule has 1 aliphatic heterocycles. The van der Waals surface area contributed by atoms with Crippen molar-refractivity contribution >= 4 is 5.97 Å². The zero-order valence-electron chi connectivity index (χ0n) is 8.13. The molecule has 3 rings (SSSR count). The highest BCUT2D eigenvalue weighted by atomic mass is 16.4. The van der Waals surface area contributed by atoms with Crippen LogP contribution in [-0.2, 0) is 11.3 Å². The van der Waals surface area contributed by atoms with Gasteiger partial charge in [-0.25, -0.2) is 4.98 Å². The van der Waals surface area contributed by atoms with Gasteiger partial charge in [0.25, 0.3) is 0 Å². The summed E-state index contributed by atoms with van der Waals surface area (Å²) < 4.78 is 1.78. The third-order valence-electron chi connectivity index (χ3n) is 3.44. The van der Waals surface area contributed by atoms with E-state index in [2.05, 4.69) is 15.4 Å². The maximum Gasteiger partial charge on any atom is 0.320 e. The van der Waals surface area contributed by atoms with Crippen LogP contribution in [0.5, 0.6) is 0 Å². The van der Waals surface area contributed by atoms with E-state index in [1.807, 2.05) is 0 Å². The van der Waals surface area contributed by atoms with Crippen LogP contribution in [0.2, 0.25) is 0 Å². The van der Waals surface area contributed by atoms with Gasteiger partial charge in [0, 0.05) is 18.0 Å². The first-order chi connectivity index (χ1) is 7.20.